The monoisotopic (exact) mass is 650 g/mol. The Balaban J connectivity index is 0.00000114. The molecule has 0 bridgehead atoms. The summed E-state index contributed by atoms with van der Waals surface area (Å²) in [5, 5.41) is 18.7. The summed E-state index contributed by atoms with van der Waals surface area (Å²) >= 11 is 0. The fraction of sp³-hybridized carbons (Fsp3) is 0.500. The van der Waals surface area contributed by atoms with E-state index in [0.717, 1.165) is 50.8 Å². The minimum Gasteiger partial charge on any atom is -0.486 e. The number of hydrogen-bond acceptors (Lipinski definition) is 9. The number of halogens is 1. The maximum absolute atomic E-state index is 14.7. The molecule has 0 saturated carbocycles. The molecule has 0 aromatic heterocycles. The van der Waals surface area contributed by atoms with Crippen LogP contribution in [-0.4, -0.2) is 124 Å². The average molecular weight is 651 g/mol. The molecule has 2 aromatic carbocycles. The number of ether oxygens (including phenoxy) is 2. The van der Waals surface area contributed by atoms with E-state index in [1.165, 1.54) is 24.7 Å². The molecule has 1 amide bonds. The van der Waals surface area contributed by atoms with Gasteiger partial charge in [-0.3, -0.25) is 9.69 Å². The molecular formula is C34H47FN8O4. The van der Waals surface area contributed by atoms with Gasteiger partial charge in [-0.2, -0.15) is 5.26 Å². The third-order valence-corrected chi connectivity index (χ3v) is 7.81. The van der Waals surface area contributed by atoms with E-state index in [1.807, 2.05) is 12.1 Å². The van der Waals surface area contributed by atoms with Gasteiger partial charge in [0, 0.05) is 50.4 Å². The van der Waals surface area contributed by atoms with Gasteiger partial charge in [-0.15, -0.1) is 0 Å². The van der Waals surface area contributed by atoms with Crippen molar-refractivity contribution in [3.8, 4) is 11.8 Å². The third kappa shape index (κ3) is 10.4. The molecule has 3 aliphatic heterocycles. The first-order valence-corrected chi connectivity index (χ1v) is 16.0. The van der Waals surface area contributed by atoms with Crippen molar-refractivity contribution in [2.45, 2.75) is 45.0 Å². The molecule has 2 atom stereocenters. The molecule has 3 heterocycles. The van der Waals surface area contributed by atoms with Gasteiger partial charge in [0.2, 0.25) is 5.91 Å². The number of rotatable bonds is 8. The number of anilines is 1. The molecule has 3 N–H and O–H groups in total. The van der Waals surface area contributed by atoms with Crippen molar-refractivity contribution in [2.75, 3.05) is 71.0 Å². The minimum atomic E-state index is -1.45. The molecule has 3 saturated heterocycles. The van der Waals surface area contributed by atoms with E-state index in [0.29, 0.717) is 11.6 Å². The molecule has 47 heavy (non-hydrogen) atoms. The Morgan fingerprint density at radius 2 is 1.83 bits per heavy atom. The third-order valence-electron chi connectivity index (χ3n) is 7.81. The second kappa shape index (κ2) is 19.4. The van der Waals surface area contributed by atoms with Crippen LogP contribution in [0.25, 0.3) is 0 Å². The topological polar surface area (TPSA) is 152 Å². The maximum Gasteiger partial charge on any atom is 0.248 e. The van der Waals surface area contributed by atoms with Gasteiger partial charge in [0.05, 0.1) is 37.1 Å². The number of nitriles is 1. The Morgan fingerprint density at radius 3 is 2.38 bits per heavy atom. The van der Waals surface area contributed by atoms with Crippen LogP contribution in [0.4, 0.5) is 15.8 Å². The highest BCUT2D eigenvalue weighted by atomic mass is 19.1. The van der Waals surface area contributed by atoms with E-state index < -0.39 is 24.8 Å². The predicted molar refractivity (Wildman–Crippen MR) is 184 cm³/mol. The van der Waals surface area contributed by atoms with Gasteiger partial charge in [-0.25, -0.2) is 19.4 Å². The molecule has 2 aromatic rings. The lowest BCUT2D eigenvalue weighted by molar-refractivity contribution is -0.138. The number of nitrogens with two attached hydrogens (primary N) is 1. The number of nitrogens with zero attached hydrogens (tertiary/aromatic N) is 7. The molecule has 13 heteroatoms. The molecule has 0 spiro atoms. The van der Waals surface area contributed by atoms with Crippen molar-refractivity contribution in [3.63, 3.8) is 0 Å². The summed E-state index contributed by atoms with van der Waals surface area (Å²) in [6.45, 7) is 13.0. The summed E-state index contributed by atoms with van der Waals surface area (Å²) in [5.41, 5.74) is 7.12. The molecule has 0 radical (unpaired) electrons. The van der Waals surface area contributed by atoms with Crippen molar-refractivity contribution < 1.29 is 23.8 Å². The highest BCUT2D eigenvalue weighted by Crippen LogP contribution is 2.26. The largest absolute Gasteiger partial charge is 0.486 e. The van der Waals surface area contributed by atoms with Gasteiger partial charge in [0.15, 0.2) is 12.0 Å². The second-order valence-corrected chi connectivity index (χ2v) is 11.1. The number of amidine groups is 1. The number of amides is 1. The van der Waals surface area contributed by atoms with Gasteiger partial charge < -0.3 is 30.1 Å². The number of likely N-dealkylation sites (tertiary alicyclic amines) is 1. The SMILES string of the molecule is C=NC(=NC=Nc1ccc(N2CCN(C3COC3)CC2)cc1)c1ccc(O[C@H]2CCN(C(=O)CO)C[C@H]2F)c(C#N)c1.CCC.CN. The summed E-state index contributed by atoms with van der Waals surface area (Å²) in [7, 11) is 1.50. The van der Waals surface area contributed by atoms with Crippen LogP contribution in [0.15, 0.2) is 57.4 Å². The molecule has 254 valence electrons. The van der Waals surface area contributed by atoms with Crippen molar-refractivity contribution in [2.24, 2.45) is 20.7 Å². The second-order valence-electron chi connectivity index (χ2n) is 11.1. The Kier molecular flexibility index (Phi) is 15.4. The van der Waals surface area contributed by atoms with E-state index in [9.17, 15) is 14.4 Å². The van der Waals surface area contributed by atoms with Gasteiger partial charge in [-0.05, 0) is 56.2 Å². The first-order valence-electron chi connectivity index (χ1n) is 16.0. The number of aliphatic hydroxyl groups is 1. The number of piperazine rings is 1. The average Bonchev–Trinajstić information content (AvgIpc) is 3.08. The number of piperidine rings is 1. The zero-order valence-electron chi connectivity index (χ0n) is 27.6. The molecule has 0 unspecified atom stereocenters. The fourth-order valence-electron chi connectivity index (χ4n) is 5.25. The lowest BCUT2D eigenvalue weighted by Gasteiger charge is -2.43. The summed E-state index contributed by atoms with van der Waals surface area (Å²) < 4.78 is 25.8. The quantitative estimate of drug-likeness (QED) is 0.327. The Labute approximate surface area is 277 Å². The van der Waals surface area contributed by atoms with E-state index in [-0.39, 0.29) is 36.7 Å². The normalized spacial score (nSPS) is 20.2. The van der Waals surface area contributed by atoms with Crippen molar-refractivity contribution in [1.82, 2.24) is 9.80 Å². The maximum atomic E-state index is 14.7. The lowest BCUT2D eigenvalue weighted by atomic mass is 10.0. The molecule has 3 aliphatic rings. The predicted octanol–water partition coefficient (Wildman–Crippen LogP) is 3.19. The van der Waals surface area contributed by atoms with Crippen LogP contribution in [0.5, 0.6) is 5.75 Å². The summed E-state index contributed by atoms with van der Waals surface area (Å²) in [6, 6.07) is 15.4. The molecule has 12 nitrogen and oxygen atoms in total. The number of aliphatic hydroxyl groups excluding tert-OH is 1. The number of hydrogen-bond donors (Lipinski definition) is 2. The first kappa shape index (κ1) is 37.2. The first-order chi connectivity index (χ1) is 22.9. The Hall–Kier alpha value is -4.22. The van der Waals surface area contributed by atoms with E-state index in [2.05, 4.69) is 69.3 Å². The van der Waals surface area contributed by atoms with Crippen LogP contribution in [-0.2, 0) is 9.53 Å². The van der Waals surface area contributed by atoms with Crippen LogP contribution in [0.2, 0.25) is 0 Å². The van der Waals surface area contributed by atoms with Crippen LogP contribution in [0.3, 0.4) is 0 Å². The number of carbonyl (C=O) groups is 1. The van der Waals surface area contributed by atoms with Crippen LogP contribution in [0.1, 0.15) is 37.8 Å². The van der Waals surface area contributed by atoms with Crippen LogP contribution in [0, 0.1) is 11.3 Å². The summed E-state index contributed by atoms with van der Waals surface area (Å²) in [5.74, 6) is -0.0224. The molecule has 0 aliphatic carbocycles. The zero-order chi connectivity index (χ0) is 34.2. The fourth-order valence-corrected chi connectivity index (χ4v) is 5.25. The smallest absolute Gasteiger partial charge is 0.248 e. The highest BCUT2D eigenvalue weighted by molar-refractivity contribution is 6.05. The van der Waals surface area contributed by atoms with Crippen molar-refractivity contribution in [1.29, 1.82) is 5.26 Å². The molecular weight excluding hydrogens is 603 g/mol. The number of aliphatic imine (C=N–C) groups is 3. The van der Waals surface area contributed by atoms with Gasteiger partial charge in [0.25, 0.3) is 0 Å². The van der Waals surface area contributed by atoms with Gasteiger partial charge in [0.1, 0.15) is 30.9 Å². The van der Waals surface area contributed by atoms with Gasteiger partial charge >= 0.3 is 0 Å². The summed E-state index contributed by atoms with van der Waals surface area (Å²) in [6.07, 6.45) is 0.617. The van der Waals surface area contributed by atoms with Crippen molar-refractivity contribution in [3.05, 3.63) is 53.6 Å². The Bertz CT molecular complexity index is 1390. The van der Waals surface area contributed by atoms with Gasteiger partial charge in [-0.1, -0.05) is 20.3 Å². The summed E-state index contributed by atoms with van der Waals surface area (Å²) in [4.78, 5) is 30.5. The van der Waals surface area contributed by atoms with E-state index in [4.69, 9.17) is 14.6 Å². The number of carbonyl (C=O) groups excluding carboxylic acids is 1. The minimum absolute atomic E-state index is 0.170. The highest BCUT2D eigenvalue weighted by Gasteiger charge is 2.33. The molecule has 3 fully saturated rings. The number of alkyl halides is 1. The zero-order valence-corrected chi connectivity index (χ0v) is 27.6. The van der Waals surface area contributed by atoms with E-state index >= 15 is 0 Å². The Morgan fingerprint density at radius 1 is 1.15 bits per heavy atom. The standard InChI is InChI=1S/C30H34FN7O4.C3H8.CH5N/c1-33-30(21-2-7-27(22(14-21)15-32)42-28-8-9-38(16-26(28)31)29(40)17-39)35-20-34-23-3-5-24(6-4-23)36-10-12-37(13-11-36)25-18-41-19-25;1-3-2;1-2/h2-7,14,20,25-26,28,39H,1,8-13,16-19H2;3H2,1-2H3;2H2,1H3/t26-,28+;;/m1../s1. The van der Waals surface area contributed by atoms with Crippen LogP contribution < -0.4 is 15.4 Å². The van der Waals surface area contributed by atoms with Crippen molar-refractivity contribution >= 4 is 36.2 Å². The number of benzene rings is 2. The lowest BCUT2D eigenvalue weighted by Crippen LogP contribution is -2.56. The van der Waals surface area contributed by atoms with E-state index in [1.54, 1.807) is 18.2 Å². The molecule has 5 rings (SSSR count). The van der Waals surface area contributed by atoms with Crippen LogP contribution >= 0.6 is 0 Å².